The molecule has 0 bridgehead atoms. The molecule has 0 heterocycles. The van der Waals surface area contributed by atoms with E-state index in [1.165, 1.54) is 12.1 Å². The SMILES string of the molecule is C=CCNC(=NCc1ccc([N+](=O)[O-])cc1)N(C)CCCC. The summed E-state index contributed by atoms with van der Waals surface area (Å²) in [5.41, 5.74) is 1.03. The van der Waals surface area contributed by atoms with Gasteiger partial charge < -0.3 is 10.2 Å². The first-order chi connectivity index (χ1) is 10.6. The van der Waals surface area contributed by atoms with E-state index in [1.807, 2.05) is 7.05 Å². The molecule has 22 heavy (non-hydrogen) atoms. The van der Waals surface area contributed by atoms with Gasteiger partial charge in [-0.1, -0.05) is 31.6 Å². The molecule has 120 valence electrons. The van der Waals surface area contributed by atoms with Crippen molar-refractivity contribution in [3.05, 3.63) is 52.6 Å². The molecule has 0 aliphatic heterocycles. The molecule has 0 aliphatic carbocycles. The molecule has 6 heteroatoms. The van der Waals surface area contributed by atoms with Gasteiger partial charge in [-0.2, -0.15) is 0 Å². The zero-order valence-electron chi connectivity index (χ0n) is 13.3. The number of rotatable bonds is 8. The Morgan fingerprint density at radius 1 is 1.45 bits per heavy atom. The summed E-state index contributed by atoms with van der Waals surface area (Å²) in [6.45, 7) is 7.91. The highest BCUT2D eigenvalue weighted by Gasteiger charge is 2.06. The van der Waals surface area contributed by atoms with Crippen molar-refractivity contribution in [2.24, 2.45) is 4.99 Å². The Labute approximate surface area is 131 Å². The van der Waals surface area contributed by atoms with Gasteiger partial charge in [0.2, 0.25) is 0 Å². The maximum absolute atomic E-state index is 10.6. The van der Waals surface area contributed by atoms with E-state index in [4.69, 9.17) is 0 Å². The van der Waals surface area contributed by atoms with Gasteiger partial charge in [0.05, 0.1) is 11.5 Å². The molecule has 0 aromatic heterocycles. The first-order valence-electron chi connectivity index (χ1n) is 7.42. The van der Waals surface area contributed by atoms with Crippen molar-refractivity contribution >= 4 is 11.6 Å². The number of guanidine groups is 1. The van der Waals surface area contributed by atoms with Crippen molar-refractivity contribution in [3.8, 4) is 0 Å². The quantitative estimate of drug-likeness (QED) is 0.263. The van der Waals surface area contributed by atoms with E-state index in [0.29, 0.717) is 13.1 Å². The van der Waals surface area contributed by atoms with Crippen LogP contribution in [0.1, 0.15) is 25.3 Å². The topological polar surface area (TPSA) is 70.8 Å². The molecule has 0 atom stereocenters. The van der Waals surface area contributed by atoms with E-state index in [9.17, 15) is 10.1 Å². The molecule has 0 spiro atoms. The van der Waals surface area contributed by atoms with E-state index >= 15 is 0 Å². The number of benzene rings is 1. The molecule has 0 fully saturated rings. The predicted octanol–water partition coefficient (Wildman–Crippen LogP) is 2.96. The van der Waals surface area contributed by atoms with Crippen molar-refractivity contribution in [1.82, 2.24) is 10.2 Å². The lowest BCUT2D eigenvalue weighted by atomic mass is 10.2. The van der Waals surface area contributed by atoms with E-state index in [2.05, 4.69) is 28.7 Å². The lowest BCUT2D eigenvalue weighted by Gasteiger charge is -2.21. The van der Waals surface area contributed by atoms with Crippen LogP contribution in [0.4, 0.5) is 5.69 Å². The number of nitro groups is 1. The van der Waals surface area contributed by atoms with Crippen LogP contribution in [0.2, 0.25) is 0 Å². The van der Waals surface area contributed by atoms with Crippen molar-refractivity contribution in [1.29, 1.82) is 0 Å². The van der Waals surface area contributed by atoms with Crippen molar-refractivity contribution in [2.45, 2.75) is 26.3 Å². The molecule has 1 rings (SSSR count). The van der Waals surface area contributed by atoms with Crippen LogP contribution in [0.15, 0.2) is 41.9 Å². The van der Waals surface area contributed by atoms with Gasteiger partial charge in [0.15, 0.2) is 5.96 Å². The van der Waals surface area contributed by atoms with Gasteiger partial charge in [-0.3, -0.25) is 10.1 Å². The fraction of sp³-hybridized carbons (Fsp3) is 0.438. The Balaban J connectivity index is 2.73. The Bertz CT molecular complexity index is 511. The molecule has 6 nitrogen and oxygen atoms in total. The summed E-state index contributed by atoms with van der Waals surface area (Å²) in [5.74, 6) is 0.812. The monoisotopic (exact) mass is 304 g/mol. The lowest BCUT2D eigenvalue weighted by molar-refractivity contribution is -0.384. The van der Waals surface area contributed by atoms with Gasteiger partial charge in [-0.05, 0) is 12.0 Å². The van der Waals surface area contributed by atoms with Crippen LogP contribution in [0.3, 0.4) is 0 Å². The number of hydrogen-bond donors (Lipinski definition) is 1. The minimum Gasteiger partial charge on any atom is -0.353 e. The first kappa shape index (κ1) is 17.7. The molecule has 0 saturated heterocycles. The third kappa shape index (κ3) is 5.95. The molecule has 1 aromatic rings. The van der Waals surface area contributed by atoms with Crippen LogP contribution in [0.25, 0.3) is 0 Å². The Hall–Kier alpha value is -2.37. The highest BCUT2D eigenvalue weighted by Crippen LogP contribution is 2.12. The number of nitrogens with one attached hydrogen (secondary N) is 1. The summed E-state index contributed by atoms with van der Waals surface area (Å²) in [6, 6.07) is 6.47. The number of unbranched alkanes of at least 4 members (excludes halogenated alkanes) is 1. The van der Waals surface area contributed by atoms with Crippen molar-refractivity contribution in [3.63, 3.8) is 0 Å². The van der Waals surface area contributed by atoms with Gasteiger partial charge in [0.1, 0.15) is 0 Å². The Kier molecular flexibility index (Phi) is 7.67. The molecule has 0 aliphatic rings. The fourth-order valence-electron chi connectivity index (χ4n) is 1.87. The van der Waals surface area contributed by atoms with Gasteiger partial charge in [0.25, 0.3) is 5.69 Å². The minimum absolute atomic E-state index is 0.0952. The lowest BCUT2D eigenvalue weighted by Crippen LogP contribution is -2.39. The molecule has 0 radical (unpaired) electrons. The number of non-ortho nitro benzene ring substituents is 1. The molecule has 0 amide bonds. The molecule has 1 N–H and O–H groups in total. The largest absolute Gasteiger partial charge is 0.353 e. The summed E-state index contributed by atoms with van der Waals surface area (Å²) in [4.78, 5) is 16.9. The van der Waals surface area contributed by atoms with Crippen LogP contribution in [0, 0.1) is 10.1 Å². The summed E-state index contributed by atoms with van der Waals surface area (Å²) in [7, 11) is 2.00. The molecular weight excluding hydrogens is 280 g/mol. The first-order valence-corrected chi connectivity index (χ1v) is 7.42. The minimum atomic E-state index is -0.400. The second-order valence-corrected chi connectivity index (χ2v) is 5.01. The van der Waals surface area contributed by atoms with Gasteiger partial charge in [-0.25, -0.2) is 4.99 Å². The number of nitro benzene ring substituents is 1. The van der Waals surface area contributed by atoms with Crippen LogP contribution >= 0.6 is 0 Å². The van der Waals surface area contributed by atoms with E-state index in [-0.39, 0.29) is 5.69 Å². The average molecular weight is 304 g/mol. The highest BCUT2D eigenvalue weighted by atomic mass is 16.6. The van der Waals surface area contributed by atoms with Gasteiger partial charge >= 0.3 is 0 Å². The maximum Gasteiger partial charge on any atom is 0.269 e. The van der Waals surface area contributed by atoms with E-state index < -0.39 is 4.92 Å². The second-order valence-electron chi connectivity index (χ2n) is 5.01. The van der Waals surface area contributed by atoms with Crippen molar-refractivity contribution in [2.75, 3.05) is 20.1 Å². The summed E-state index contributed by atoms with van der Waals surface area (Å²) in [5, 5.41) is 13.9. The number of hydrogen-bond acceptors (Lipinski definition) is 3. The predicted molar refractivity (Wildman–Crippen MR) is 90.0 cm³/mol. The molecular formula is C16H24N4O2. The summed E-state index contributed by atoms with van der Waals surface area (Å²) in [6.07, 6.45) is 4.01. The van der Waals surface area contributed by atoms with Crippen LogP contribution < -0.4 is 5.32 Å². The Morgan fingerprint density at radius 2 is 2.14 bits per heavy atom. The molecule has 0 unspecified atom stereocenters. The standard InChI is InChI=1S/C16H24N4O2/c1-4-6-12-19(3)16(17-11-5-2)18-13-14-7-9-15(10-8-14)20(21)22/h5,7-10H,2,4,6,11-13H2,1,3H3,(H,17,18). The zero-order valence-corrected chi connectivity index (χ0v) is 13.3. The van der Waals surface area contributed by atoms with Crippen LogP contribution in [0.5, 0.6) is 0 Å². The molecule has 1 aromatic carbocycles. The maximum atomic E-state index is 10.6. The van der Waals surface area contributed by atoms with E-state index in [0.717, 1.165) is 30.9 Å². The smallest absolute Gasteiger partial charge is 0.269 e. The molecule has 0 saturated carbocycles. The average Bonchev–Trinajstić information content (AvgIpc) is 2.53. The normalized spacial score (nSPS) is 11.1. The third-order valence-corrected chi connectivity index (χ3v) is 3.17. The third-order valence-electron chi connectivity index (χ3n) is 3.17. The second kappa shape index (κ2) is 9.55. The fourth-order valence-corrected chi connectivity index (χ4v) is 1.87. The zero-order chi connectivity index (χ0) is 16.4. The summed E-state index contributed by atoms with van der Waals surface area (Å²) >= 11 is 0. The number of nitrogens with zero attached hydrogens (tertiary/aromatic N) is 3. The van der Waals surface area contributed by atoms with E-state index in [1.54, 1.807) is 18.2 Å². The van der Waals surface area contributed by atoms with Crippen LogP contribution in [-0.4, -0.2) is 35.9 Å². The van der Waals surface area contributed by atoms with Crippen molar-refractivity contribution < 1.29 is 4.92 Å². The van der Waals surface area contributed by atoms with Crippen LogP contribution in [-0.2, 0) is 6.54 Å². The highest BCUT2D eigenvalue weighted by molar-refractivity contribution is 5.79. The van der Waals surface area contributed by atoms with Gasteiger partial charge in [0, 0.05) is 32.3 Å². The summed E-state index contributed by atoms with van der Waals surface area (Å²) < 4.78 is 0. The van der Waals surface area contributed by atoms with Gasteiger partial charge in [-0.15, -0.1) is 6.58 Å². The number of aliphatic imine (C=N–C) groups is 1. The Morgan fingerprint density at radius 3 is 2.68 bits per heavy atom.